The molecule has 0 aliphatic heterocycles. The van der Waals surface area contributed by atoms with E-state index in [0.29, 0.717) is 0 Å². The van der Waals surface area contributed by atoms with E-state index in [1.165, 1.54) is 25.3 Å². The van der Waals surface area contributed by atoms with E-state index in [9.17, 15) is 14.0 Å². The number of fused-ring (bicyclic) bond motifs is 1. The second kappa shape index (κ2) is 4.85. The van der Waals surface area contributed by atoms with E-state index in [-0.39, 0.29) is 22.4 Å². The third kappa shape index (κ3) is 2.26. The summed E-state index contributed by atoms with van der Waals surface area (Å²) in [5.74, 6) is -1.12. The zero-order chi connectivity index (χ0) is 13.3. The van der Waals surface area contributed by atoms with Gasteiger partial charge in [-0.15, -0.1) is 0 Å². The number of esters is 1. The van der Waals surface area contributed by atoms with E-state index >= 15 is 0 Å². The highest BCUT2D eigenvalue weighted by Crippen LogP contribution is 2.14. The topological polar surface area (TPSA) is 60.7 Å². The monoisotopic (exact) mass is 314 g/mol. The summed E-state index contributed by atoms with van der Waals surface area (Å²) in [4.78, 5) is 26.6. The molecule has 5 nitrogen and oxygen atoms in total. The molecule has 0 N–H and O–H groups in total. The fourth-order valence-corrected chi connectivity index (χ4v) is 1.81. The van der Waals surface area contributed by atoms with Crippen LogP contribution in [0.4, 0.5) is 4.39 Å². The quantitative estimate of drug-likeness (QED) is 0.791. The van der Waals surface area contributed by atoms with Gasteiger partial charge in [0.15, 0.2) is 11.5 Å². The standard InChI is InChI=1S/C11H8BrFN2O3/c1-6(16)18-5-8-9(12)11(17)15-4-2-3-7(13)10(15)14-8/h2-4H,5H2,1H3. The van der Waals surface area contributed by atoms with Gasteiger partial charge in [0.05, 0.1) is 0 Å². The highest BCUT2D eigenvalue weighted by Gasteiger charge is 2.13. The lowest BCUT2D eigenvalue weighted by Crippen LogP contribution is -2.19. The summed E-state index contributed by atoms with van der Waals surface area (Å²) in [6, 6.07) is 2.61. The molecule has 7 heteroatoms. The van der Waals surface area contributed by atoms with Crippen molar-refractivity contribution in [1.29, 1.82) is 0 Å². The van der Waals surface area contributed by atoms with Crippen LogP contribution in [0.25, 0.3) is 5.65 Å². The Bertz CT molecular complexity index is 684. The SMILES string of the molecule is CC(=O)OCc1nc2c(F)cccn2c(=O)c1Br. The first-order chi connectivity index (χ1) is 8.50. The van der Waals surface area contributed by atoms with Crippen molar-refractivity contribution in [2.45, 2.75) is 13.5 Å². The van der Waals surface area contributed by atoms with Crippen LogP contribution in [-0.2, 0) is 16.1 Å². The molecular weight excluding hydrogens is 307 g/mol. The molecule has 0 atom stereocenters. The van der Waals surface area contributed by atoms with Crippen molar-refractivity contribution >= 4 is 27.5 Å². The molecule has 0 unspecified atom stereocenters. The highest BCUT2D eigenvalue weighted by atomic mass is 79.9. The molecule has 0 aromatic carbocycles. The van der Waals surface area contributed by atoms with Crippen LogP contribution in [0.5, 0.6) is 0 Å². The van der Waals surface area contributed by atoms with Gasteiger partial charge in [0.25, 0.3) is 5.56 Å². The molecule has 0 aliphatic rings. The van der Waals surface area contributed by atoms with Crippen LogP contribution in [0.1, 0.15) is 12.6 Å². The van der Waals surface area contributed by atoms with Gasteiger partial charge in [0.1, 0.15) is 16.8 Å². The molecule has 2 rings (SSSR count). The number of pyridine rings is 1. The molecule has 0 saturated carbocycles. The first-order valence-corrected chi connectivity index (χ1v) is 5.78. The summed E-state index contributed by atoms with van der Waals surface area (Å²) >= 11 is 3.07. The van der Waals surface area contributed by atoms with E-state index in [1.54, 1.807) is 0 Å². The smallest absolute Gasteiger partial charge is 0.303 e. The van der Waals surface area contributed by atoms with Gasteiger partial charge in [-0.3, -0.25) is 14.0 Å². The Balaban J connectivity index is 2.62. The number of carbonyl (C=O) groups is 1. The summed E-state index contributed by atoms with van der Waals surface area (Å²) in [5, 5.41) is 0. The molecule has 0 radical (unpaired) electrons. The van der Waals surface area contributed by atoms with Crippen molar-refractivity contribution < 1.29 is 13.9 Å². The maximum atomic E-state index is 13.5. The molecule has 2 aromatic rings. The van der Waals surface area contributed by atoms with E-state index in [2.05, 4.69) is 20.9 Å². The zero-order valence-electron chi connectivity index (χ0n) is 9.31. The van der Waals surface area contributed by atoms with E-state index in [4.69, 9.17) is 4.74 Å². The van der Waals surface area contributed by atoms with Crippen molar-refractivity contribution in [2.75, 3.05) is 0 Å². The molecule has 2 aromatic heterocycles. The molecule has 94 valence electrons. The van der Waals surface area contributed by atoms with E-state index < -0.39 is 17.3 Å². The Morgan fingerprint density at radius 3 is 3.00 bits per heavy atom. The van der Waals surface area contributed by atoms with Crippen LogP contribution in [0.15, 0.2) is 27.6 Å². The maximum Gasteiger partial charge on any atom is 0.303 e. The molecule has 0 saturated heterocycles. The van der Waals surface area contributed by atoms with Crippen molar-refractivity contribution in [1.82, 2.24) is 9.38 Å². The summed E-state index contributed by atoms with van der Waals surface area (Å²) in [6.45, 7) is 1.05. The fraction of sp³-hybridized carbons (Fsp3) is 0.182. The van der Waals surface area contributed by atoms with Gasteiger partial charge in [-0.05, 0) is 28.1 Å². The summed E-state index contributed by atoms with van der Waals surface area (Å²) in [7, 11) is 0. The van der Waals surface area contributed by atoms with Gasteiger partial charge in [-0.2, -0.15) is 0 Å². The van der Waals surface area contributed by atoms with E-state index in [0.717, 1.165) is 4.40 Å². The Kier molecular flexibility index (Phi) is 3.42. The third-order valence-electron chi connectivity index (χ3n) is 2.23. The molecule has 2 heterocycles. The van der Waals surface area contributed by atoms with Crippen molar-refractivity contribution in [3.8, 4) is 0 Å². The Labute approximate surface area is 109 Å². The van der Waals surface area contributed by atoms with Crippen LogP contribution >= 0.6 is 15.9 Å². The highest BCUT2D eigenvalue weighted by molar-refractivity contribution is 9.10. The van der Waals surface area contributed by atoms with Crippen LogP contribution in [0.2, 0.25) is 0 Å². The molecule has 0 bridgehead atoms. The number of halogens is 2. The van der Waals surface area contributed by atoms with Gasteiger partial charge in [-0.1, -0.05) is 0 Å². The minimum atomic E-state index is -0.619. The molecule has 18 heavy (non-hydrogen) atoms. The molecule has 0 spiro atoms. The molecule has 0 amide bonds. The number of rotatable bonds is 2. The van der Waals surface area contributed by atoms with E-state index in [1.807, 2.05) is 0 Å². The van der Waals surface area contributed by atoms with Crippen LogP contribution < -0.4 is 5.56 Å². The van der Waals surface area contributed by atoms with Crippen molar-refractivity contribution in [3.63, 3.8) is 0 Å². The number of nitrogens with zero attached hydrogens (tertiary/aromatic N) is 2. The van der Waals surface area contributed by atoms with Crippen molar-refractivity contribution in [3.05, 3.63) is 44.7 Å². The van der Waals surface area contributed by atoms with Gasteiger partial charge >= 0.3 is 5.97 Å². The predicted octanol–water partition coefficient (Wildman–Crippen LogP) is 1.66. The average Bonchev–Trinajstić information content (AvgIpc) is 2.33. The minimum Gasteiger partial charge on any atom is -0.459 e. The fourth-order valence-electron chi connectivity index (χ4n) is 1.42. The molecule has 0 aliphatic carbocycles. The second-order valence-corrected chi connectivity index (χ2v) is 4.30. The first kappa shape index (κ1) is 12.7. The Hall–Kier alpha value is -1.76. The Morgan fingerprint density at radius 1 is 1.61 bits per heavy atom. The number of aromatic nitrogens is 2. The number of carbonyl (C=O) groups excluding carboxylic acids is 1. The summed E-state index contributed by atoms with van der Waals surface area (Å²) < 4.78 is 19.5. The second-order valence-electron chi connectivity index (χ2n) is 3.51. The first-order valence-electron chi connectivity index (χ1n) is 4.99. The lowest BCUT2D eigenvalue weighted by Gasteiger charge is -2.07. The molecular formula is C11H8BrFN2O3. The average molecular weight is 315 g/mol. The zero-order valence-corrected chi connectivity index (χ0v) is 10.9. The van der Waals surface area contributed by atoms with Crippen LogP contribution in [-0.4, -0.2) is 15.4 Å². The lowest BCUT2D eigenvalue weighted by molar-refractivity contribution is -0.142. The maximum absolute atomic E-state index is 13.5. The lowest BCUT2D eigenvalue weighted by atomic mass is 10.3. The number of hydrogen-bond donors (Lipinski definition) is 0. The molecule has 0 fully saturated rings. The normalized spacial score (nSPS) is 10.6. The van der Waals surface area contributed by atoms with Gasteiger partial charge in [0.2, 0.25) is 0 Å². The number of hydrogen-bond acceptors (Lipinski definition) is 4. The minimum absolute atomic E-state index is 0.104. The Morgan fingerprint density at radius 2 is 2.33 bits per heavy atom. The van der Waals surface area contributed by atoms with Crippen LogP contribution in [0.3, 0.4) is 0 Å². The van der Waals surface area contributed by atoms with Gasteiger partial charge in [0, 0.05) is 13.1 Å². The summed E-state index contributed by atoms with van der Waals surface area (Å²) in [6.07, 6.45) is 1.41. The van der Waals surface area contributed by atoms with Crippen molar-refractivity contribution in [2.24, 2.45) is 0 Å². The van der Waals surface area contributed by atoms with Gasteiger partial charge in [-0.25, -0.2) is 9.37 Å². The third-order valence-corrected chi connectivity index (χ3v) is 3.03. The largest absolute Gasteiger partial charge is 0.459 e. The van der Waals surface area contributed by atoms with Gasteiger partial charge < -0.3 is 4.74 Å². The van der Waals surface area contributed by atoms with Crippen LogP contribution in [0, 0.1) is 5.82 Å². The summed E-state index contributed by atoms with van der Waals surface area (Å²) in [5.41, 5.74) is -0.380. The number of ether oxygens (including phenoxy) is 1. The predicted molar refractivity (Wildman–Crippen MR) is 64.6 cm³/mol.